The number of hydrogen-bond donors (Lipinski definition) is 1. The molecule has 1 aromatic heterocycles. The van der Waals surface area contributed by atoms with E-state index >= 15 is 0 Å². The lowest BCUT2D eigenvalue weighted by Gasteiger charge is -1.96. The molecule has 4 heteroatoms. The Morgan fingerprint density at radius 3 is 2.53 bits per heavy atom. The van der Waals surface area contributed by atoms with Gasteiger partial charge in [-0.2, -0.15) is 0 Å². The second-order valence-electron chi connectivity index (χ2n) is 3.67. The molecule has 0 saturated heterocycles. The maximum atomic E-state index is 12.8. The normalized spacial score (nSPS) is 10.4. The molecule has 0 saturated carbocycles. The van der Waals surface area contributed by atoms with Crippen LogP contribution < -0.4 is 0 Å². The van der Waals surface area contributed by atoms with Crippen LogP contribution in [0, 0.1) is 5.82 Å². The Morgan fingerprint density at radius 1 is 1.18 bits per heavy atom. The molecule has 0 radical (unpaired) electrons. The number of aliphatic carboxylic acids is 1. The van der Waals surface area contributed by atoms with Crippen LogP contribution in [0.3, 0.4) is 0 Å². The first-order valence-corrected chi connectivity index (χ1v) is 6.03. The van der Waals surface area contributed by atoms with E-state index in [2.05, 4.69) is 0 Å². The Balaban J connectivity index is 2.12. The van der Waals surface area contributed by atoms with Gasteiger partial charge >= 0.3 is 5.97 Å². The van der Waals surface area contributed by atoms with E-state index in [4.69, 9.17) is 5.11 Å². The van der Waals surface area contributed by atoms with Gasteiger partial charge in [0, 0.05) is 9.75 Å². The Bertz CT molecular complexity index is 516. The minimum absolute atomic E-state index is 0.142. The first-order chi connectivity index (χ1) is 8.15. The average molecular weight is 250 g/mol. The number of thiophene rings is 1. The highest BCUT2D eigenvalue weighted by Gasteiger charge is 2.05. The SMILES string of the molecule is O=C(O)CCc1ccc(-c2ccc(F)cc2)s1. The van der Waals surface area contributed by atoms with Gasteiger partial charge in [-0.05, 0) is 36.2 Å². The summed E-state index contributed by atoms with van der Waals surface area (Å²) in [6.07, 6.45) is 0.685. The molecule has 88 valence electrons. The second kappa shape index (κ2) is 5.10. The van der Waals surface area contributed by atoms with Crippen molar-refractivity contribution in [1.29, 1.82) is 0 Å². The second-order valence-corrected chi connectivity index (χ2v) is 4.83. The first-order valence-electron chi connectivity index (χ1n) is 5.21. The Kier molecular flexibility index (Phi) is 3.54. The summed E-state index contributed by atoms with van der Waals surface area (Å²) >= 11 is 1.55. The van der Waals surface area contributed by atoms with Crippen molar-refractivity contribution in [3.63, 3.8) is 0 Å². The van der Waals surface area contributed by atoms with Crippen molar-refractivity contribution in [2.45, 2.75) is 12.8 Å². The van der Waals surface area contributed by atoms with Crippen LogP contribution in [0.1, 0.15) is 11.3 Å². The van der Waals surface area contributed by atoms with Gasteiger partial charge in [-0.1, -0.05) is 12.1 Å². The Labute approximate surface area is 102 Å². The van der Waals surface area contributed by atoms with E-state index in [0.29, 0.717) is 6.42 Å². The predicted molar refractivity (Wildman–Crippen MR) is 65.7 cm³/mol. The summed E-state index contributed by atoms with van der Waals surface area (Å²) in [5.41, 5.74) is 0.956. The lowest BCUT2D eigenvalue weighted by molar-refractivity contribution is -0.136. The molecular weight excluding hydrogens is 239 g/mol. The maximum absolute atomic E-state index is 12.8. The van der Waals surface area contributed by atoms with Crippen LogP contribution in [0.4, 0.5) is 4.39 Å². The molecule has 0 fully saturated rings. The summed E-state index contributed by atoms with van der Waals surface area (Å²) in [6, 6.07) is 10.2. The number of rotatable bonds is 4. The molecule has 2 aromatic rings. The van der Waals surface area contributed by atoms with Crippen LogP contribution in [-0.4, -0.2) is 11.1 Å². The molecular formula is C13H11FO2S. The molecule has 0 bridgehead atoms. The van der Waals surface area contributed by atoms with E-state index in [1.54, 1.807) is 23.5 Å². The molecule has 0 aliphatic heterocycles. The molecule has 0 unspecified atom stereocenters. The molecule has 0 aliphatic carbocycles. The van der Waals surface area contributed by atoms with Gasteiger partial charge in [0.05, 0.1) is 6.42 Å². The quantitative estimate of drug-likeness (QED) is 0.900. The van der Waals surface area contributed by atoms with Gasteiger partial charge in [0.25, 0.3) is 0 Å². The molecule has 1 N–H and O–H groups in total. The zero-order valence-electron chi connectivity index (χ0n) is 9.02. The van der Waals surface area contributed by atoms with Crippen molar-refractivity contribution in [3.8, 4) is 10.4 Å². The van der Waals surface area contributed by atoms with E-state index in [1.165, 1.54) is 12.1 Å². The smallest absolute Gasteiger partial charge is 0.303 e. The average Bonchev–Trinajstić information content (AvgIpc) is 2.76. The zero-order chi connectivity index (χ0) is 12.3. The fraction of sp³-hybridized carbons (Fsp3) is 0.154. The van der Waals surface area contributed by atoms with Gasteiger partial charge in [-0.25, -0.2) is 4.39 Å². The number of halogens is 1. The van der Waals surface area contributed by atoms with Gasteiger partial charge in [0.1, 0.15) is 5.82 Å². The van der Waals surface area contributed by atoms with Gasteiger partial charge in [-0.15, -0.1) is 11.3 Å². The van der Waals surface area contributed by atoms with E-state index in [9.17, 15) is 9.18 Å². The summed E-state index contributed by atoms with van der Waals surface area (Å²) in [7, 11) is 0. The van der Waals surface area contributed by atoms with E-state index in [0.717, 1.165) is 15.3 Å². The number of hydrogen-bond acceptors (Lipinski definition) is 2. The summed E-state index contributed by atoms with van der Waals surface area (Å²) < 4.78 is 12.8. The highest BCUT2D eigenvalue weighted by atomic mass is 32.1. The van der Waals surface area contributed by atoms with Crippen molar-refractivity contribution in [2.24, 2.45) is 0 Å². The summed E-state index contributed by atoms with van der Waals surface area (Å²) in [6.45, 7) is 0. The topological polar surface area (TPSA) is 37.3 Å². The van der Waals surface area contributed by atoms with Crippen molar-refractivity contribution >= 4 is 17.3 Å². The van der Waals surface area contributed by atoms with Crippen LogP contribution in [0.2, 0.25) is 0 Å². The lowest BCUT2D eigenvalue weighted by Crippen LogP contribution is -1.95. The number of benzene rings is 1. The number of aryl methyl sites for hydroxylation is 1. The summed E-state index contributed by atoms with van der Waals surface area (Å²) in [4.78, 5) is 12.5. The minimum Gasteiger partial charge on any atom is -0.481 e. The molecule has 0 spiro atoms. The highest BCUT2D eigenvalue weighted by molar-refractivity contribution is 7.15. The van der Waals surface area contributed by atoms with E-state index in [-0.39, 0.29) is 12.2 Å². The van der Waals surface area contributed by atoms with Crippen LogP contribution >= 0.6 is 11.3 Å². The maximum Gasteiger partial charge on any atom is 0.303 e. The molecule has 1 heterocycles. The third-order valence-corrected chi connectivity index (χ3v) is 3.57. The number of carboxylic acids is 1. The predicted octanol–water partition coefficient (Wildman–Crippen LogP) is 3.57. The minimum atomic E-state index is -0.790. The van der Waals surface area contributed by atoms with Crippen molar-refractivity contribution in [2.75, 3.05) is 0 Å². The monoisotopic (exact) mass is 250 g/mol. The molecule has 17 heavy (non-hydrogen) atoms. The molecule has 0 amide bonds. The number of carboxylic acid groups (broad SMARTS) is 1. The van der Waals surface area contributed by atoms with Crippen LogP contribution in [0.15, 0.2) is 36.4 Å². The summed E-state index contributed by atoms with van der Waals surface area (Å²) in [5.74, 6) is -1.04. The van der Waals surface area contributed by atoms with Gasteiger partial charge in [-0.3, -0.25) is 4.79 Å². The fourth-order valence-corrected chi connectivity index (χ4v) is 2.52. The first kappa shape index (κ1) is 11.8. The van der Waals surface area contributed by atoms with Gasteiger partial charge in [0.2, 0.25) is 0 Å². The van der Waals surface area contributed by atoms with Gasteiger partial charge in [0.15, 0.2) is 0 Å². The fourth-order valence-electron chi connectivity index (χ4n) is 1.51. The molecule has 2 rings (SSSR count). The highest BCUT2D eigenvalue weighted by Crippen LogP contribution is 2.28. The molecule has 2 nitrogen and oxygen atoms in total. The van der Waals surface area contributed by atoms with Crippen LogP contribution in [0.25, 0.3) is 10.4 Å². The van der Waals surface area contributed by atoms with Crippen molar-refractivity contribution < 1.29 is 14.3 Å². The largest absolute Gasteiger partial charge is 0.481 e. The van der Waals surface area contributed by atoms with E-state index < -0.39 is 5.97 Å². The molecule has 0 aliphatic rings. The van der Waals surface area contributed by atoms with Crippen LogP contribution in [0.5, 0.6) is 0 Å². The lowest BCUT2D eigenvalue weighted by atomic mass is 10.2. The molecule has 0 atom stereocenters. The Hall–Kier alpha value is -1.68. The molecule has 1 aromatic carbocycles. The Morgan fingerprint density at radius 2 is 1.88 bits per heavy atom. The summed E-state index contributed by atoms with van der Waals surface area (Å²) in [5, 5.41) is 8.59. The number of carbonyl (C=O) groups is 1. The van der Waals surface area contributed by atoms with Gasteiger partial charge < -0.3 is 5.11 Å². The van der Waals surface area contributed by atoms with Crippen LogP contribution in [-0.2, 0) is 11.2 Å². The van der Waals surface area contributed by atoms with Crippen molar-refractivity contribution in [3.05, 3.63) is 47.1 Å². The third kappa shape index (κ3) is 3.14. The zero-order valence-corrected chi connectivity index (χ0v) is 9.84. The third-order valence-electron chi connectivity index (χ3n) is 2.38. The van der Waals surface area contributed by atoms with E-state index in [1.807, 2.05) is 12.1 Å². The standard InChI is InChI=1S/C13H11FO2S/c14-10-3-1-9(2-4-10)12-7-5-11(17-12)6-8-13(15)16/h1-5,7H,6,8H2,(H,15,16). The van der Waals surface area contributed by atoms with Crippen molar-refractivity contribution in [1.82, 2.24) is 0 Å².